The molecule has 4 rings (SSSR count). The molecule has 1 aromatic heterocycles. The van der Waals surface area contributed by atoms with Crippen LogP contribution in [0.4, 0.5) is 5.69 Å². The summed E-state index contributed by atoms with van der Waals surface area (Å²) in [5, 5.41) is 3.77. The molecule has 0 bridgehead atoms. The summed E-state index contributed by atoms with van der Waals surface area (Å²) in [6.07, 6.45) is 4.05. The number of ether oxygens (including phenoxy) is 1. The highest BCUT2D eigenvalue weighted by molar-refractivity contribution is 6.30. The third-order valence-electron chi connectivity index (χ3n) is 5.38. The van der Waals surface area contributed by atoms with Gasteiger partial charge in [0.25, 0.3) is 5.91 Å². The van der Waals surface area contributed by atoms with Crippen LogP contribution in [0.15, 0.2) is 29.0 Å². The van der Waals surface area contributed by atoms with E-state index in [1.165, 1.54) is 17.6 Å². The standard InChI is InChI=1S/C20H24ClN3O3/c1-13-4-5-15(21)9-16(13)24-7-6-14(11-24)10-22-20(25)18-19(27-12-23-18)17-3-2-8-26-17/h4-5,9,12,14,17H,2-3,6-8,10-11H2,1H3,(H,22,25)/t14-,17+/m1/s1. The molecule has 7 heteroatoms. The Labute approximate surface area is 163 Å². The van der Waals surface area contributed by atoms with Crippen molar-refractivity contribution >= 4 is 23.2 Å². The van der Waals surface area contributed by atoms with Crippen molar-refractivity contribution in [1.29, 1.82) is 0 Å². The number of amides is 1. The number of halogens is 1. The summed E-state index contributed by atoms with van der Waals surface area (Å²) in [6.45, 7) is 5.28. The number of aromatic nitrogens is 1. The highest BCUT2D eigenvalue weighted by Crippen LogP contribution is 2.31. The van der Waals surface area contributed by atoms with Gasteiger partial charge in [-0.25, -0.2) is 4.98 Å². The van der Waals surface area contributed by atoms with Crippen molar-refractivity contribution < 1.29 is 13.9 Å². The number of aryl methyl sites for hydroxylation is 1. The number of nitrogens with one attached hydrogen (secondary N) is 1. The van der Waals surface area contributed by atoms with Crippen LogP contribution in [0.1, 0.15) is 47.2 Å². The molecule has 27 heavy (non-hydrogen) atoms. The second-order valence-electron chi connectivity index (χ2n) is 7.31. The lowest BCUT2D eigenvalue weighted by Gasteiger charge is -2.21. The summed E-state index contributed by atoms with van der Waals surface area (Å²) in [5.41, 5.74) is 2.74. The lowest BCUT2D eigenvalue weighted by molar-refractivity contribution is 0.0859. The SMILES string of the molecule is Cc1ccc(Cl)cc1N1CC[C@H](CNC(=O)c2ncoc2[C@@H]2CCCO2)C1. The third kappa shape index (κ3) is 3.96. The van der Waals surface area contributed by atoms with Crippen molar-refractivity contribution in [3.63, 3.8) is 0 Å². The Morgan fingerprint density at radius 1 is 1.41 bits per heavy atom. The molecular weight excluding hydrogens is 366 g/mol. The Kier molecular flexibility index (Phi) is 5.36. The van der Waals surface area contributed by atoms with Gasteiger partial charge in [0.1, 0.15) is 6.10 Å². The van der Waals surface area contributed by atoms with Crippen LogP contribution in [0.25, 0.3) is 0 Å². The van der Waals surface area contributed by atoms with Crippen molar-refractivity contribution in [1.82, 2.24) is 10.3 Å². The number of carbonyl (C=O) groups is 1. The van der Waals surface area contributed by atoms with Crippen molar-refractivity contribution in [2.24, 2.45) is 5.92 Å². The van der Waals surface area contributed by atoms with Gasteiger partial charge in [0.2, 0.25) is 0 Å². The topological polar surface area (TPSA) is 67.6 Å². The van der Waals surface area contributed by atoms with Gasteiger partial charge in [0, 0.05) is 37.0 Å². The molecule has 2 aliphatic heterocycles. The molecule has 0 saturated carbocycles. The number of anilines is 1. The average Bonchev–Trinajstić information content (AvgIpc) is 3.41. The van der Waals surface area contributed by atoms with Crippen LogP contribution in [-0.2, 0) is 4.74 Å². The summed E-state index contributed by atoms with van der Waals surface area (Å²) < 4.78 is 11.0. The molecule has 0 aliphatic carbocycles. The summed E-state index contributed by atoms with van der Waals surface area (Å²) in [7, 11) is 0. The number of carbonyl (C=O) groups excluding carboxylic acids is 1. The first-order chi connectivity index (χ1) is 13.1. The fourth-order valence-electron chi connectivity index (χ4n) is 3.90. The van der Waals surface area contributed by atoms with Gasteiger partial charge >= 0.3 is 0 Å². The average molecular weight is 390 g/mol. The molecule has 2 saturated heterocycles. The van der Waals surface area contributed by atoms with E-state index in [2.05, 4.69) is 22.1 Å². The Bertz CT molecular complexity index is 817. The number of rotatable bonds is 5. The summed E-state index contributed by atoms with van der Waals surface area (Å²) in [6, 6.07) is 5.98. The van der Waals surface area contributed by atoms with Crippen molar-refractivity contribution in [2.75, 3.05) is 31.1 Å². The third-order valence-corrected chi connectivity index (χ3v) is 5.62. The Morgan fingerprint density at radius 2 is 2.30 bits per heavy atom. The van der Waals surface area contributed by atoms with Gasteiger partial charge in [-0.05, 0) is 49.8 Å². The number of hydrogen-bond acceptors (Lipinski definition) is 5. The molecule has 144 valence electrons. The van der Waals surface area contributed by atoms with Gasteiger partial charge in [0.15, 0.2) is 17.8 Å². The van der Waals surface area contributed by atoms with Crippen LogP contribution < -0.4 is 10.2 Å². The molecule has 1 amide bonds. The van der Waals surface area contributed by atoms with Crippen molar-refractivity contribution in [3.8, 4) is 0 Å². The monoisotopic (exact) mass is 389 g/mol. The van der Waals surface area contributed by atoms with Gasteiger partial charge < -0.3 is 19.4 Å². The first-order valence-electron chi connectivity index (χ1n) is 9.46. The lowest BCUT2D eigenvalue weighted by Crippen LogP contribution is -2.32. The molecule has 0 radical (unpaired) electrons. The van der Waals surface area contributed by atoms with E-state index in [0.29, 0.717) is 30.5 Å². The Balaban J connectivity index is 1.34. The molecule has 0 unspecified atom stereocenters. The van der Waals surface area contributed by atoms with Gasteiger partial charge in [-0.2, -0.15) is 0 Å². The van der Waals surface area contributed by atoms with Crippen molar-refractivity contribution in [3.05, 3.63) is 46.6 Å². The molecule has 6 nitrogen and oxygen atoms in total. The zero-order valence-electron chi connectivity index (χ0n) is 15.4. The lowest BCUT2D eigenvalue weighted by atomic mass is 10.1. The van der Waals surface area contributed by atoms with Crippen molar-refractivity contribution in [2.45, 2.75) is 32.3 Å². The second kappa shape index (κ2) is 7.90. The quantitative estimate of drug-likeness (QED) is 0.843. The highest BCUT2D eigenvalue weighted by atomic mass is 35.5. The molecule has 1 N–H and O–H groups in total. The molecule has 1 aromatic carbocycles. The minimum absolute atomic E-state index is 0.152. The summed E-state index contributed by atoms with van der Waals surface area (Å²) >= 11 is 6.15. The van der Waals surface area contributed by atoms with Crippen LogP contribution >= 0.6 is 11.6 Å². The van der Waals surface area contributed by atoms with E-state index in [4.69, 9.17) is 20.8 Å². The smallest absolute Gasteiger partial charge is 0.273 e. The number of oxazole rings is 1. The van der Waals surface area contributed by atoms with Crippen LogP contribution in [0, 0.1) is 12.8 Å². The fourth-order valence-corrected chi connectivity index (χ4v) is 4.07. The van der Waals surface area contributed by atoms with Gasteiger partial charge in [-0.15, -0.1) is 0 Å². The maximum atomic E-state index is 12.6. The predicted molar refractivity (Wildman–Crippen MR) is 103 cm³/mol. The maximum Gasteiger partial charge on any atom is 0.273 e. The van der Waals surface area contributed by atoms with Crippen LogP contribution in [0.5, 0.6) is 0 Å². The fraction of sp³-hybridized carbons (Fsp3) is 0.500. The van der Waals surface area contributed by atoms with E-state index in [0.717, 1.165) is 37.4 Å². The predicted octanol–water partition coefficient (Wildman–Crippen LogP) is 3.74. The summed E-state index contributed by atoms with van der Waals surface area (Å²) in [5.74, 6) is 0.754. The molecule has 2 aromatic rings. The molecular formula is C20H24ClN3O3. The Morgan fingerprint density at radius 3 is 3.11 bits per heavy atom. The maximum absolute atomic E-state index is 12.6. The number of benzene rings is 1. The number of hydrogen-bond donors (Lipinski definition) is 1. The number of nitrogens with zero attached hydrogens (tertiary/aromatic N) is 2. The largest absolute Gasteiger partial charge is 0.445 e. The summed E-state index contributed by atoms with van der Waals surface area (Å²) in [4.78, 5) is 19.0. The van der Waals surface area contributed by atoms with Crippen LogP contribution in [-0.4, -0.2) is 37.1 Å². The molecule has 0 spiro atoms. The van der Waals surface area contributed by atoms with E-state index >= 15 is 0 Å². The second-order valence-corrected chi connectivity index (χ2v) is 7.74. The van der Waals surface area contributed by atoms with Gasteiger partial charge in [-0.3, -0.25) is 4.79 Å². The van der Waals surface area contributed by atoms with E-state index in [9.17, 15) is 4.79 Å². The highest BCUT2D eigenvalue weighted by Gasteiger charge is 2.29. The zero-order chi connectivity index (χ0) is 18.8. The molecule has 2 atom stereocenters. The molecule has 2 fully saturated rings. The minimum Gasteiger partial charge on any atom is -0.445 e. The van der Waals surface area contributed by atoms with Gasteiger partial charge in [0.05, 0.1) is 0 Å². The van der Waals surface area contributed by atoms with Gasteiger partial charge in [-0.1, -0.05) is 17.7 Å². The molecule has 3 heterocycles. The first kappa shape index (κ1) is 18.3. The molecule has 2 aliphatic rings. The van der Waals surface area contributed by atoms with Crippen LogP contribution in [0.2, 0.25) is 5.02 Å². The van der Waals surface area contributed by atoms with E-state index in [-0.39, 0.29) is 12.0 Å². The first-order valence-corrected chi connectivity index (χ1v) is 9.84. The zero-order valence-corrected chi connectivity index (χ0v) is 16.2. The van der Waals surface area contributed by atoms with E-state index < -0.39 is 0 Å². The normalized spacial score (nSPS) is 22.4. The van der Waals surface area contributed by atoms with Crippen LogP contribution in [0.3, 0.4) is 0 Å². The van der Waals surface area contributed by atoms with E-state index in [1.54, 1.807) is 0 Å². The van der Waals surface area contributed by atoms with E-state index in [1.807, 2.05) is 18.2 Å². The minimum atomic E-state index is -0.188. The Hall–Kier alpha value is -2.05.